The summed E-state index contributed by atoms with van der Waals surface area (Å²) in [7, 11) is 0. The molecule has 0 bridgehead atoms. The Morgan fingerprint density at radius 2 is 1.93 bits per heavy atom. The average Bonchev–Trinajstić information content (AvgIpc) is 3.19. The van der Waals surface area contributed by atoms with E-state index in [0.717, 1.165) is 40.8 Å². The maximum atomic E-state index is 10.2. The van der Waals surface area contributed by atoms with Crippen molar-refractivity contribution in [3.05, 3.63) is 47.0 Å². The molecule has 0 saturated heterocycles. The van der Waals surface area contributed by atoms with Gasteiger partial charge in [0.25, 0.3) is 0 Å². The Balaban J connectivity index is 1.80. The SMILES string of the molecule is CCN(CC)c1nc2c3c(nc4c(c3c1C#N)C[C@H](c1ccccc1)O4)N=C(C)N2. The van der Waals surface area contributed by atoms with Crippen LogP contribution in [0.2, 0.25) is 0 Å². The Morgan fingerprint density at radius 1 is 1.17 bits per heavy atom. The zero-order chi connectivity index (χ0) is 20.8. The van der Waals surface area contributed by atoms with E-state index in [2.05, 4.69) is 47.3 Å². The zero-order valence-corrected chi connectivity index (χ0v) is 17.2. The number of aromatic nitrogens is 2. The second-order valence-electron chi connectivity index (χ2n) is 7.46. The molecule has 0 aliphatic carbocycles. The lowest BCUT2D eigenvalue weighted by molar-refractivity contribution is 0.231. The predicted molar refractivity (Wildman–Crippen MR) is 118 cm³/mol. The van der Waals surface area contributed by atoms with Crippen molar-refractivity contribution in [2.75, 3.05) is 23.3 Å². The average molecular weight is 398 g/mol. The normalized spacial score (nSPS) is 16.3. The second kappa shape index (κ2) is 6.99. The molecule has 2 aliphatic heterocycles. The third kappa shape index (κ3) is 2.68. The predicted octanol–water partition coefficient (Wildman–Crippen LogP) is 4.50. The Labute approximate surface area is 175 Å². The third-order valence-corrected chi connectivity index (χ3v) is 5.73. The van der Waals surface area contributed by atoms with Crippen molar-refractivity contribution in [2.45, 2.75) is 33.3 Å². The molecule has 0 fully saturated rings. The van der Waals surface area contributed by atoms with Crippen molar-refractivity contribution in [3.63, 3.8) is 0 Å². The maximum absolute atomic E-state index is 10.2. The number of amidine groups is 1. The number of ether oxygens (including phenoxy) is 1. The molecule has 0 amide bonds. The largest absolute Gasteiger partial charge is 0.469 e. The molecule has 2 aliphatic rings. The van der Waals surface area contributed by atoms with Crippen LogP contribution in [-0.4, -0.2) is 28.9 Å². The van der Waals surface area contributed by atoms with Crippen LogP contribution in [-0.2, 0) is 6.42 Å². The Hall–Kier alpha value is -3.66. The summed E-state index contributed by atoms with van der Waals surface area (Å²) >= 11 is 0. The van der Waals surface area contributed by atoms with E-state index in [4.69, 9.17) is 14.7 Å². The van der Waals surface area contributed by atoms with E-state index < -0.39 is 0 Å². The third-order valence-electron chi connectivity index (χ3n) is 5.73. The molecule has 2 aromatic heterocycles. The van der Waals surface area contributed by atoms with Gasteiger partial charge < -0.3 is 15.0 Å². The van der Waals surface area contributed by atoms with E-state index in [0.29, 0.717) is 35.3 Å². The van der Waals surface area contributed by atoms with E-state index >= 15 is 0 Å². The fourth-order valence-electron chi connectivity index (χ4n) is 4.31. The molecule has 7 heteroatoms. The number of hydrogen-bond donors (Lipinski definition) is 1. The number of nitrogens with one attached hydrogen (secondary N) is 1. The number of anilines is 2. The quantitative estimate of drug-likeness (QED) is 0.696. The number of fused-ring (bicyclic) bond motifs is 2. The van der Waals surface area contributed by atoms with Crippen molar-refractivity contribution in [2.24, 2.45) is 4.99 Å². The van der Waals surface area contributed by atoms with E-state index in [1.807, 2.05) is 25.1 Å². The number of hydrogen-bond acceptors (Lipinski definition) is 7. The van der Waals surface area contributed by atoms with Crippen LogP contribution in [0.3, 0.4) is 0 Å². The van der Waals surface area contributed by atoms with Crippen LogP contribution in [0, 0.1) is 11.3 Å². The molecule has 0 radical (unpaired) electrons. The summed E-state index contributed by atoms with van der Waals surface area (Å²) in [6.07, 6.45) is 0.521. The highest BCUT2D eigenvalue weighted by Crippen LogP contribution is 2.47. The number of nitrogens with zero attached hydrogens (tertiary/aromatic N) is 5. The van der Waals surface area contributed by atoms with Crippen molar-refractivity contribution in [3.8, 4) is 11.9 Å². The van der Waals surface area contributed by atoms with Gasteiger partial charge in [-0.1, -0.05) is 30.3 Å². The van der Waals surface area contributed by atoms with Gasteiger partial charge in [0.15, 0.2) is 5.82 Å². The molecule has 0 saturated carbocycles. The molecule has 0 spiro atoms. The molecular formula is C23H22N6O. The summed E-state index contributed by atoms with van der Waals surface area (Å²) in [4.78, 5) is 16.2. The number of aliphatic imine (C=N–C) groups is 1. The van der Waals surface area contributed by atoms with Crippen molar-refractivity contribution < 1.29 is 4.74 Å². The highest BCUT2D eigenvalue weighted by molar-refractivity contribution is 6.14. The fraction of sp³-hybridized carbons (Fsp3) is 0.304. The van der Waals surface area contributed by atoms with Crippen LogP contribution in [0.4, 0.5) is 17.5 Å². The molecule has 5 rings (SSSR count). The van der Waals surface area contributed by atoms with E-state index in [9.17, 15) is 5.26 Å². The minimum absolute atomic E-state index is 0.133. The van der Waals surface area contributed by atoms with Crippen LogP contribution in [0.15, 0.2) is 35.3 Å². The molecule has 3 aromatic rings. The van der Waals surface area contributed by atoms with Crippen molar-refractivity contribution in [1.82, 2.24) is 9.97 Å². The molecule has 30 heavy (non-hydrogen) atoms. The van der Waals surface area contributed by atoms with Crippen molar-refractivity contribution >= 4 is 34.1 Å². The molecule has 1 aromatic carbocycles. The van der Waals surface area contributed by atoms with Crippen LogP contribution in [0.5, 0.6) is 5.88 Å². The summed E-state index contributed by atoms with van der Waals surface area (Å²) < 4.78 is 6.25. The second-order valence-corrected chi connectivity index (χ2v) is 7.46. The first kappa shape index (κ1) is 18.4. The van der Waals surface area contributed by atoms with Crippen LogP contribution in [0.1, 0.15) is 43.6 Å². The van der Waals surface area contributed by atoms with Gasteiger partial charge in [-0.3, -0.25) is 0 Å². The summed E-state index contributed by atoms with van der Waals surface area (Å²) in [5.74, 6) is 3.22. The molecule has 150 valence electrons. The summed E-state index contributed by atoms with van der Waals surface area (Å²) in [5, 5.41) is 15.1. The van der Waals surface area contributed by atoms with Gasteiger partial charge in [-0.15, -0.1) is 0 Å². The van der Waals surface area contributed by atoms with Crippen LogP contribution >= 0.6 is 0 Å². The van der Waals surface area contributed by atoms with Crippen molar-refractivity contribution in [1.29, 1.82) is 5.26 Å². The van der Waals surface area contributed by atoms with Gasteiger partial charge in [-0.05, 0) is 26.3 Å². The minimum atomic E-state index is -0.133. The van der Waals surface area contributed by atoms with Crippen LogP contribution < -0.4 is 15.0 Å². The van der Waals surface area contributed by atoms with E-state index in [-0.39, 0.29) is 6.10 Å². The molecule has 1 N–H and O–H groups in total. The number of pyridine rings is 2. The summed E-state index contributed by atoms with van der Waals surface area (Å²) in [6, 6.07) is 12.5. The van der Waals surface area contributed by atoms with Gasteiger partial charge in [0, 0.05) is 30.5 Å². The van der Waals surface area contributed by atoms with Gasteiger partial charge in [0.1, 0.15) is 35.2 Å². The zero-order valence-electron chi connectivity index (χ0n) is 17.2. The number of benzene rings is 1. The highest BCUT2D eigenvalue weighted by atomic mass is 16.5. The summed E-state index contributed by atoms with van der Waals surface area (Å²) in [6.45, 7) is 7.55. The van der Waals surface area contributed by atoms with E-state index in [1.54, 1.807) is 0 Å². The Morgan fingerprint density at radius 3 is 2.63 bits per heavy atom. The number of rotatable bonds is 4. The van der Waals surface area contributed by atoms with E-state index in [1.165, 1.54) is 0 Å². The lowest BCUT2D eigenvalue weighted by Gasteiger charge is -2.25. The first-order chi connectivity index (χ1) is 14.6. The molecule has 0 unspecified atom stereocenters. The minimum Gasteiger partial charge on any atom is -0.469 e. The summed E-state index contributed by atoms with van der Waals surface area (Å²) in [5.41, 5.74) is 2.61. The van der Waals surface area contributed by atoms with Gasteiger partial charge in [-0.2, -0.15) is 10.2 Å². The lowest BCUT2D eigenvalue weighted by atomic mass is 9.96. The monoisotopic (exact) mass is 398 g/mol. The molecule has 1 atom stereocenters. The maximum Gasteiger partial charge on any atom is 0.220 e. The Kier molecular flexibility index (Phi) is 4.28. The first-order valence-corrected chi connectivity index (χ1v) is 10.2. The van der Waals surface area contributed by atoms with Gasteiger partial charge in [0.2, 0.25) is 5.88 Å². The number of nitriles is 1. The molecule has 7 nitrogen and oxygen atoms in total. The topological polar surface area (TPSA) is 86.4 Å². The smallest absolute Gasteiger partial charge is 0.220 e. The van der Waals surface area contributed by atoms with Gasteiger partial charge in [0.05, 0.1) is 5.39 Å². The van der Waals surface area contributed by atoms with Crippen LogP contribution in [0.25, 0.3) is 10.8 Å². The highest BCUT2D eigenvalue weighted by Gasteiger charge is 2.33. The van der Waals surface area contributed by atoms with Gasteiger partial charge in [-0.25, -0.2) is 9.98 Å². The molecular weight excluding hydrogens is 376 g/mol. The fourth-order valence-corrected chi connectivity index (χ4v) is 4.31. The molecule has 4 heterocycles. The van der Waals surface area contributed by atoms with Gasteiger partial charge >= 0.3 is 0 Å². The Bertz CT molecular complexity index is 1220. The lowest BCUT2D eigenvalue weighted by Crippen LogP contribution is -2.25. The standard InChI is InChI=1S/C23H22N6O/c1-4-29(5-2)22-16(12-24)18-15-11-17(14-9-7-6-8-10-14)30-23(15)28-21-19(18)20(27-22)25-13(3)26-21/h6-10,17H,4-5,11H2,1-3H3,(H,25,26,27,28)/t17-/m1/s1. The first-order valence-electron chi connectivity index (χ1n) is 10.2.